The van der Waals surface area contributed by atoms with Crippen LogP contribution in [0.25, 0.3) is 0 Å². The van der Waals surface area contributed by atoms with E-state index >= 15 is 0 Å². The van der Waals surface area contributed by atoms with Crippen molar-refractivity contribution in [3.8, 4) is 0 Å². The molecule has 3 aliphatic rings. The number of allylic oxidation sites excluding steroid dienone is 4. The van der Waals surface area contributed by atoms with Gasteiger partial charge >= 0.3 is 5.97 Å². The Kier molecular flexibility index (Phi) is 8.42. The number of ketones is 2. The molecule has 6 nitrogen and oxygen atoms in total. The average Bonchev–Trinajstić information content (AvgIpc) is 3.08. The first-order chi connectivity index (χ1) is 17.4. The summed E-state index contributed by atoms with van der Waals surface area (Å²) in [6.45, 7) is 17.3. The van der Waals surface area contributed by atoms with Crippen LogP contribution in [0.2, 0.25) is 0 Å². The number of rotatable bonds is 7. The molecule has 7 atom stereocenters. The van der Waals surface area contributed by atoms with E-state index < -0.39 is 17.1 Å². The van der Waals surface area contributed by atoms with Gasteiger partial charge in [0.2, 0.25) is 0 Å². The van der Waals surface area contributed by atoms with Gasteiger partial charge < -0.3 is 14.9 Å². The third kappa shape index (κ3) is 5.36. The van der Waals surface area contributed by atoms with Crippen molar-refractivity contribution in [1.29, 1.82) is 0 Å². The SMILES string of the molecule is CC(=O)O[C@H]1CC[C@@]2(C)[C@@H](CC[C@]3(C)/C(=C(\C)C(=O)/C=C/[C@](C)(O)[C@@H](O)CC=C(C)C)C(=O)C[C@@H]23)C1(C)C. The average molecular weight is 529 g/mol. The van der Waals surface area contributed by atoms with Gasteiger partial charge in [0.25, 0.3) is 0 Å². The number of ether oxygens (including phenoxy) is 1. The number of hydrogen-bond acceptors (Lipinski definition) is 6. The summed E-state index contributed by atoms with van der Waals surface area (Å²) in [4.78, 5) is 38.6. The predicted molar refractivity (Wildman–Crippen MR) is 148 cm³/mol. The smallest absolute Gasteiger partial charge is 0.302 e. The fourth-order valence-electron chi connectivity index (χ4n) is 8.13. The van der Waals surface area contributed by atoms with Crippen LogP contribution < -0.4 is 0 Å². The van der Waals surface area contributed by atoms with Gasteiger partial charge in [-0.25, -0.2) is 0 Å². The summed E-state index contributed by atoms with van der Waals surface area (Å²) >= 11 is 0. The quantitative estimate of drug-likeness (QED) is 0.251. The number of carbonyl (C=O) groups excluding carboxylic acids is 3. The Morgan fingerprint density at radius 1 is 1.08 bits per heavy atom. The lowest BCUT2D eigenvalue weighted by Gasteiger charge is -2.62. The van der Waals surface area contributed by atoms with Crippen LogP contribution in [0.15, 0.2) is 34.9 Å². The van der Waals surface area contributed by atoms with Crippen LogP contribution in [0, 0.1) is 28.1 Å². The summed E-state index contributed by atoms with van der Waals surface area (Å²) in [5.74, 6) is -0.120. The van der Waals surface area contributed by atoms with Crippen LogP contribution in [0.3, 0.4) is 0 Å². The molecule has 0 aromatic carbocycles. The van der Waals surface area contributed by atoms with Gasteiger partial charge in [0.1, 0.15) is 11.7 Å². The van der Waals surface area contributed by atoms with E-state index in [0.717, 1.165) is 31.3 Å². The van der Waals surface area contributed by atoms with E-state index in [-0.39, 0.29) is 46.8 Å². The van der Waals surface area contributed by atoms with E-state index in [1.54, 1.807) is 6.92 Å². The number of Topliss-reactive ketones (excluding diaryl/α,β-unsaturated/α-hetero) is 1. The Labute approximate surface area is 228 Å². The molecule has 0 radical (unpaired) electrons. The van der Waals surface area contributed by atoms with E-state index in [0.29, 0.717) is 23.5 Å². The molecule has 0 aromatic heterocycles. The molecule has 3 saturated carbocycles. The number of hydrogen-bond donors (Lipinski definition) is 2. The molecule has 0 aromatic rings. The van der Waals surface area contributed by atoms with Gasteiger partial charge in [-0.3, -0.25) is 14.4 Å². The molecule has 2 N–H and O–H groups in total. The molecule has 3 rings (SSSR count). The largest absolute Gasteiger partial charge is 0.462 e. The molecule has 0 amide bonds. The molecule has 3 aliphatic carbocycles. The van der Waals surface area contributed by atoms with Crippen molar-refractivity contribution in [2.24, 2.45) is 28.1 Å². The van der Waals surface area contributed by atoms with Crippen molar-refractivity contribution in [3.05, 3.63) is 34.9 Å². The second-order valence-corrected chi connectivity index (χ2v) is 13.6. The van der Waals surface area contributed by atoms with Gasteiger partial charge in [-0.15, -0.1) is 0 Å². The van der Waals surface area contributed by atoms with Crippen LogP contribution in [0.4, 0.5) is 0 Å². The highest BCUT2D eigenvalue weighted by molar-refractivity contribution is 6.12. The topological polar surface area (TPSA) is 101 Å². The molecular weight excluding hydrogens is 480 g/mol. The van der Waals surface area contributed by atoms with Crippen LogP contribution >= 0.6 is 0 Å². The van der Waals surface area contributed by atoms with Gasteiger partial charge in [-0.05, 0) is 89.2 Å². The van der Waals surface area contributed by atoms with Gasteiger partial charge in [-0.1, -0.05) is 39.3 Å². The summed E-state index contributed by atoms with van der Waals surface area (Å²) < 4.78 is 5.74. The molecule has 0 aliphatic heterocycles. The molecule has 0 heterocycles. The molecular formula is C32H48O6. The highest BCUT2D eigenvalue weighted by Gasteiger charge is 2.65. The Bertz CT molecular complexity index is 1070. The molecule has 0 unspecified atom stereocenters. The van der Waals surface area contributed by atoms with Crippen LogP contribution in [0.5, 0.6) is 0 Å². The summed E-state index contributed by atoms with van der Waals surface area (Å²) in [5.41, 5.74) is -0.206. The van der Waals surface area contributed by atoms with Crippen molar-refractivity contribution in [3.63, 3.8) is 0 Å². The number of aliphatic hydroxyl groups excluding tert-OH is 1. The molecule has 212 valence electrons. The normalized spacial score (nSPS) is 36.1. The van der Waals surface area contributed by atoms with Crippen LogP contribution in [-0.4, -0.2) is 45.6 Å². The van der Waals surface area contributed by atoms with E-state index in [4.69, 9.17) is 4.74 Å². The molecule has 0 saturated heterocycles. The Morgan fingerprint density at radius 2 is 1.71 bits per heavy atom. The lowest BCUT2D eigenvalue weighted by molar-refractivity contribution is -0.185. The third-order valence-electron chi connectivity index (χ3n) is 10.3. The zero-order chi connectivity index (χ0) is 28.8. The number of carbonyl (C=O) groups is 3. The van der Waals surface area contributed by atoms with E-state index in [1.165, 1.54) is 26.0 Å². The minimum Gasteiger partial charge on any atom is -0.462 e. The van der Waals surface area contributed by atoms with Crippen LogP contribution in [-0.2, 0) is 19.1 Å². The second-order valence-electron chi connectivity index (χ2n) is 13.6. The number of aliphatic hydroxyl groups is 2. The standard InChI is InChI=1S/C32H48O6/c1-19(2)10-11-26(36)32(9,37)17-12-22(34)20(3)28-23(35)18-25-30(7)16-14-27(38-21(4)33)29(5,6)24(30)13-15-31(25,28)8/h10,12,17,24-27,36-37H,11,13-16,18H2,1-9H3/b17-12+,28-20+/t24-,25-,26-,27-,30-,31-,32-/m0/s1. The monoisotopic (exact) mass is 528 g/mol. The second kappa shape index (κ2) is 10.5. The van der Waals surface area contributed by atoms with Crippen molar-refractivity contribution < 1.29 is 29.3 Å². The van der Waals surface area contributed by atoms with Crippen LogP contribution in [0.1, 0.15) is 101 Å². The van der Waals surface area contributed by atoms with E-state index in [2.05, 4.69) is 27.7 Å². The van der Waals surface area contributed by atoms with Crippen molar-refractivity contribution >= 4 is 17.5 Å². The first kappa shape index (κ1) is 30.5. The van der Waals surface area contributed by atoms with Crippen molar-refractivity contribution in [1.82, 2.24) is 0 Å². The Morgan fingerprint density at radius 3 is 2.29 bits per heavy atom. The summed E-state index contributed by atoms with van der Waals surface area (Å²) in [6.07, 6.45) is 7.34. The number of esters is 1. The molecule has 6 heteroatoms. The van der Waals surface area contributed by atoms with Gasteiger partial charge in [0.05, 0.1) is 6.10 Å². The molecule has 0 spiro atoms. The first-order valence-corrected chi connectivity index (χ1v) is 14.1. The minimum absolute atomic E-state index is 0.0360. The lowest BCUT2D eigenvalue weighted by Crippen LogP contribution is -2.58. The maximum atomic E-state index is 13.5. The lowest BCUT2D eigenvalue weighted by atomic mass is 9.43. The predicted octanol–water partition coefficient (Wildman–Crippen LogP) is 5.66. The fraction of sp³-hybridized carbons (Fsp3) is 0.719. The molecule has 0 bridgehead atoms. The zero-order valence-corrected chi connectivity index (χ0v) is 24.8. The maximum absolute atomic E-state index is 13.5. The van der Waals surface area contributed by atoms with E-state index in [1.807, 2.05) is 19.9 Å². The fourth-order valence-corrected chi connectivity index (χ4v) is 8.13. The molecule has 38 heavy (non-hydrogen) atoms. The summed E-state index contributed by atoms with van der Waals surface area (Å²) in [7, 11) is 0. The van der Waals surface area contributed by atoms with Gasteiger partial charge in [0.15, 0.2) is 11.6 Å². The third-order valence-corrected chi connectivity index (χ3v) is 10.3. The summed E-state index contributed by atoms with van der Waals surface area (Å²) in [6, 6.07) is 0. The van der Waals surface area contributed by atoms with Gasteiger partial charge in [0, 0.05) is 35.3 Å². The Hall–Kier alpha value is -2.05. The summed E-state index contributed by atoms with van der Waals surface area (Å²) in [5, 5.41) is 21.2. The first-order valence-electron chi connectivity index (χ1n) is 14.1. The highest BCUT2D eigenvalue weighted by atomic mass is 16.5. The molecule has 3 fully saturated rings. The minimum atomic E-state index is -1.57. The Balaban J connectivity index is 1.90. The van der Waals surface area contributed by atoms with Crippen molar-refractivity contribution in [2.75, 3.05) is 0 Å². The maximum Gasteiger partial charge on any atom is 0.302 e. The zero-order valence-electron chi connectivity index (χ0n) is 24.8. The van der Waals surface area contributed by atoms with Gasteiger partial charge in [-0.2, -0.15) is 0 Å². The van der Waals surface area contributed by atoms with E-state index in [9.17, 15) is 24.6 Å². The number of fused-ring (bicyclic) bond motifs is 3. The highest BCUT2D eigenvalue weighted by Crippen LogP contribution is 2.69. The van der Waals surface area contributed by atoms with Crippen molar-refractivity contribution in [2.45, 2.75) is 119 Å².